The van der Waals surface area contributed by atoms with Gasteiger partial charge in [0.15, 0.2) is 0 Å². The highest BCUT2D eigenvalue weighted by molar-refractivity contribution is 9.10. The van der Waals surface area contributed by atoms with Gasteiger partial charge in [-0.25, -0.2) is 15.0 Å². The average Bonchev–Trinajstić information content (AvgIpc) is 3.54. The molecule has 37 heavy (non-hydrogen) atoms. The number of ether oxygens (including phenoxy) is 1. The van der Waals surface area contributed by atoms with E-state index in [-0.39, 0.29) is 17.7 Å². The second kappa shape index (κ2) is 9.67. The number of aryl methyl sites for hydroxylation is 1. The minimum Gasteiger partial charge on any atom is -0.383 e. The fraction of sp³-hybridized carbons (Fsp3) is 0.536. The molecule has 6 rings (SSSR count). The highest BCUT2D eigenvalue weighted by Gasteiger charge is 2.32. The van der Waals surface area contributed by atoms with Gasteiger partial charge in [-0.3, -0.25) is 0 Å². The third-order valence-corrected chi connectivity index (χ3v) is 8.65. The number of nitrogens with two attached hydrogens (primary N) is 1. The van der Waals surface area contributed by atoms with E-state index in [0.29, 0.717) is 11.9 Å². The lowest BCUT2D eigenvalue weighted by Crippen LogP contribution is -2.44. The summed E-state index contributed by atoms with van der Waals surface area (Å²) in [6.45, 7) is 7.64. The molecule has 1 unspecified atom stereocenters. The largest absolute Gasteiger partial charge is 0.383 e. The molecule has 1 aliphatic carbocycles. The van der Waals surface area contributed by atoms with Crippen LogP contribution in [0.4, 0.5) is 5.82 Å². The molecule has 0 spiro atoms. The van der Waals surface area contributed by atoms with Crippen LogP contribution < -0.4 is 11.1 Å². The molecule has 4 N–H and O–H groups in total. The number of H-pyrrole nitrogens is 1. The molecule has 4 aromatic rings. The second-order valence-electron chi connectivity index (χ2n) is 11.8. The lowest BCUT2D eigenvalue weighted by Gasteiger charge is -2.36. The maximum atomic E-state index is 6.38. The Bertz CT molecular complexity index is 1420. The quantitative estimate of drug-likeness (QED) is 0.268. The van der Waals surface area contributed by atoms with Gasteiger partial charge in [0.2, 0.25) is 0 Å². The molecule has 0 amide bonds. The van der Waals surface area contributed by atoms with Crippen LogP contribution in [-0.4, -0.2) is 43.2 Å². The second-order valence-corrected chi connectivity index (χ2v) is 12.6. The van der Waals surface area contributed by atoms with Crippen molar-refractivity contribution in [3.63, 3.8) is 0 Å². The van der Waals surface area contributed by atoms with E-state index >= 15 is 0 Å². The highest BCUT2D eigenvalue weighted by atomic mass is 79.9. The minimum atomic E-state index is -0.0210. The number of aromatic amines is 1. The molecule has 2 aliphatic rings. The van der Waals surface area contributed by atoms with Gasteiger partial charge in [0, 0.05) is 29.7 Å². The Morgan fingerprint density at radius 1 is 1.22 bits per heavy atom. The zero-order valence-corrected chi connectivity index (χ0v) is 23.4. The van der Waals surface area contributed by atoms with Crippen LogP contribution in [0, 0.1) is 5.92 Å². The van der Waals surface area contributed by atoms with Gasteiger partial charge >= 0.3 is 0 Å². The first-order valence-corrected chi connectivity index (χ1v) is 14.2. The van der Waals surface area contributed by atoms with Crippen LogP contribution >= 0.6 is 15.9 Å². The molecule has 9 heteroatoms. The molecule has 2 atom stereocenters. The average molecular weight is 567 g/mol. The van der Waals surface area contributed by atoms with Crippen molar-refractivity contribution in [3.05, 3.63) is 46.6 Å². The van der Waals surface area contributed by atoms with Crippen LogP contribution in [0.25, 0.3) is 22.1 Å². The lowest BCUT2D eigenvalue weighted by atomic mass is 9.77. The van der Waals surface area contributed by atoms with Crippen molar-refractivity contribution in [1.82, 2.24) is 29.8 Å². The number of anilines is 1. The first-order chi connectivity index (χ1) is 17.7. The zero-order chi connectivity index (χ0) is 25.7. The molecule has 1 aromatic carbocycles. The number of aromatic nitrogens is 5. The van der Waals surface area contributed by atoms with Crippen molar-refractivity contribution >= 4 is 43.8 Å². The van der Waals surface area contributed by atoms with Gasteiger partial charge in [0.05, 0.1) is 22.5 Å². The summed E-state index contributed by atoms with van der Waals surface area (Å²) in [5.41, 5.74) is 10.6. The standard InChI is InChI=1S/C28H36BrN7O/c1-28(2,3)17-5-7-21-22(12-17)35-23(34-21)8-4-16-10-18(11-16)31-13-19-6-9-24(37-19)36-14-20(29)25-26(30)32-15-33-27(25)36/h5,7,12,14-16,18-19,24,31H,4,6,8-11,13H2,1-3H3,(H,34,35)(H2,30,32,33)/t16?,18?,19?,24-/m1/s1. The third-order valence-electron chi connectivity index (χ3n) is 8.04. The van der Waals surface area contributed by atoms with Crippen molar-refractivity contribution in [2.24, 2.45) is 5.92 Å². The van der Waals surface area contributed by atoms with E-state index in [0.717, 1.165) is 64.1 Å². The number of halogens is 1. The van der Waals surface area contributed by atoms with E-state index in [1.54, 1.807) is 0 Å². The van der Waals surface area contributed by atoms with Gasteiger partial charge in [-0.1, -0.05) is 26.8 Å². The van der Waals surface area contributed by atoms with Crippen LogP contribution in [0.5, 0.6) is 0 Å². The number of imidazole rings is 1. The predicted octanol–water partition coefficient (Wildman–Crippen LogP) is 5.63. The molecule has 2 fully saturated rings. The fourth-order valence-corrected chi connectivity index (χ4v) is 6.35. The Kier molecular flexibility index (Phi) is 6.49. The third kappa shape index (κ3) is 5.01. The number of nitrogen functional groups attached to an aromatic ring is 1. The normalized spacial score (nSPS) is 24.2. The zero-order valence-electron chi connectivity index (χ0n) is 21.8. The molecule has 1 saturated heterocycles. The molecule has 1 saturated carbocycles. The van der Waals surface area contributed by atoms with E-state index < -0.39 is 0 Å². The summed E-state index contributed by atoms with van der Waals surface area (Å²) in [5.74, 6) is 2.36. The minimum absolute atomic E-state index is 0.0210. The SMILES string of the molecule is CC(C)(C)c1ccc2nc(CCC3CC(NCC4CC[C@H](n5cc(Br)c6c(N)ncnc65)O4)C3)[nH]c2c1. The molecular formula is C28H36BrN7O. The van der Waals surface area contributed by atoms with Gasteiger partial charge in [-0.05, 0) is 77.1 Å². The number of hydrogen-bond acceptors (Lipinski definition) is 6. The Morgan fingerprint density at radius 2 is 2.05 bits per heavy atom. The molecule has 1 aliphatic heterocycles. The molecule has 4 heterocycles. The van der Waals surface area contributed by atoms with Crippen molar-refractivity contribution in [2.45, 2.75) is 83.1 Å². The number of benzene rings is 1. The van der Waals surface area contributed by atoms with Gasteiger partial charge in [0.25, 0.3) is 0 Å². The van der Waals surface area contributed by atoms with Crippen LogP contribution in [0.3, 0.4) is 0 Å². The smallest absolute Gasteiger partial charge is 0.148 e. The van der Waals surface area contributed by atoms with E-state index in [2.05, 4.69) is 79.7 Å². The topological polar surface area (TPSA) is 107 Å². The Hall–Kier alpha value is -2.49. The number of hydrogen-bond donors (Lipinski definition) is 3. The van der Waals surface area contributed by atoms with Crippen LogP contribution in [-0.2, 0) is 16.6 Å². The van der Waals surface area contributed by atoms with Crippen molar-refractivity contribution in [3.8, 4) is 0 Å². The summed E-state index contributed by atoms with van der Waals surface area (Å²) in [6, 6.07) is 7.20. The lowest BCUT2D eigenvalue weighted by molar-refractivity contribution is 0.00176. The first-order valence-electron chi connectivity index (χ1n) is 13.4. The van der Waals surface area contributed by atoms with Crippen molar-refractivity contribution in [2.75, 3.05) is 12.3 Å². The van der Waals surface area contributed by atoms with Gasteiger partial charge in [-0.15, -0.1) is 0 Å². The Balaban J connectivity index is 0.954. The first kappa shape index (κ1) is 24.8. The van der Waals surface area contributed by atoms with Crippen molar-refractivity contribution < 1.29 is 4.74 Å². The fourth-order valence-electron chi connectivity index (χ4n) is 5.75. The number of nitrogens with zero attached hydrogens (tertiary/aromatic N) is 4. The molecule has 0 bridgehead atoms. The van der Waals surface area contributed by atoms with Crippen molar-refractivity contribution in [1.29, 1.82) is 0 Å². The number of nitrogens with one attached hydrogen (secondary N) is 2. The Morgan fingerprint density at radius 3 is 2.86 bits per heavy atom. The Labute approximate surface area is 225 Å². The van der Waals surface area contributed by atoms with Gasteiger partial charge in [-0.2, -0.15) is 0 Å². The molecule has 8 nitrogen and oxygen atoms in total. The molecule has 0 radical (unpaired) electrons. The monoisotopic (exact) mass is 565 g/mol. The predicted molar refractivity (Wildman–Crippen MR) is 150 cm³/mol. The highest BCUT2D eigenvalue weighted by Crippen LogP contribution is 2.36. The summed E-state index contributed by atoms with van der Waals surface area (Å²) in [6.07, 6.45) is 10.4. The summed E-state index contributed by atoms with van der Waals surface area (Å²) in [5, 5.41) is 4.59. The van der Waals surface area contributed by atoms with E-state index in [1.807, 2.05) is 6.20 Å². The summed E-state index contributed by atoms with van der Waals surface area (Å²) in [4.78, 5) is 16.9. The summed E-state index contributed by atoms with van der Waals surface area (Å²) in [7, 11) is 0. The van der Waals surface area contributed by atoms with Gasteiger partial charge in [0.1, 0.15) is 29.8 Å². The van der Waals surface area contributed by atoms with E-state index in [9.17, 15) is 0 Å². The maximum Gasteiger partial charge on any atom is 0.148 e. The van der Waals surface area contributed by atoms with Crippen LogP contribution in [0.15, 0.2) is 35.2 Å². The molecule has 3 aromatic heterocycles. The van der Waals surface area contributed by atoms with E-state index in [4.69, 9.17) is 15.5 Å². The molecular weight excluding hydrogens is 530 g/mol. The van der Waals surface area contributed by atoms with Crippen LogP contribution in [0.2, 0.25) is 0 Å². The summed E-state index contributed by atoms with van der Waals surface area (Å²) < 4.78 is 9.37. The van der Waals surface area contributed by atoms with Crippen LogP contribution in [0.1, 0.15) is 70.5 Å². The summed E-state index contributed by atoms with van der Waals surface area (Å²) >= 11 is 3.59. The number of fused-ring (bicyclic) bond motifs is 2. The van der Waals surface area contributed by atoms with E-state index in [1.165, 1.54) is 31.2 Å². The number of rotatable bonds is 7. The maximum absolute atomic E-state index is 6.38. The van der Waals surface area contributed by atoms with Gasteiger partial charge < -0.3 is 25.3 Å². The molecule has 196 valence electrons.